The van der Waals surface area contributed by atoms with E-state index >= 15 is 0 Å². The number of fused-ring (bicyclic) bond motifs is 1. The quantitative estimate of drug-likeness (QED) is 0.138. The molecule has 2 N–H and O–H groups in total. The number of benzene rings is 4. The number of nitrogens with zero attached hydrogens (tertiary/aromatic N) is 1. The molecule has 0 bridgehead atoms. The van der Waals surface area contributed by atoms with Gasteiger partial charge in [-0.15, -0.1) is 0 Å². The molecule has 1 aliphatic rings. The second-order valence-corrected chi connectivity index (χ2v) is 12.0. The van der Waals surface area contributed by atoms with E-state index < -0.39 is 29.8 Å². The number of anilines is 1. The Balaban J connectivity index is 1.27. The first-order valence-electron chi connectivity index (χ1n) is 16.1. The molecule has 252 valence electrons. The minimum atomic E-state index is -1.14. The van der Waals surface area contributed by atoms with Crippen molar-refractivity contribution in [3.05, 3.63) is 124 Å². The summed E-state index contributed by atoms with van der Waals surface area (Å²) in [7, 11) is 3.19. The smallest absolute Gasteiger partial charge is 0.256 e. The molecule has 0 spiro atoms. The van der Waals surface area contributed by atoms with Gasteiger partial charge < -0.3 is 29.7 Å². The highest BCUT2D eigenvalue weighted by atomic mass is 35.5. The Morgan fingerprint density at radius 2 is 1.73 bits per heavy atom. The molecule has 2 amide bonds. The summed E-state index contributed by atoms with van der Waals surface area (Å²) in [5.41, 5.74) is 3.54. The first-order chi connectivity index (χ1) is 23.4. The lowest BCUT2D eigenvalue weighted by atomic mass is 9.98. The molecule has 0 saturated heterocycles. The average molecular weight is 674 g/mol. The molecule has 0 saturated carbocycles. The number of amides is 2. The van der Waals surface area contributed by atoms with Crippen molar-refractivity contribution in [2.24, 2.45) is 0 Å². The average Bonchev–Trinajstić information content (AvgIpc) is 3.19. The number of nitrogens with one attached hydrogen (secondary N) is 2. The first kappa shape index (κ1) is 34.9. The third kappa shape index (κ3) is 8.92. The van der Waals surface area contributed by atoms with E-state index in [2.05, 4.69) is 34.9 Å². The van der Waals surface area contributed by atoms with Gasteiger partial charge in [0.05, 0.1) is 20.1 Å². The highest BCUT2D eigenvalue weighted by molar-refractivity contribution is 6.30. The fraction of sp³-hybridized carbons (Fsp3) is 0.316. The van der Waals surface area contributed by atoms with Crippen molar-refractivity contribution < 1.29 is 28.2 Å². The van der Waals surface area contributed by atoms with Gasteiger partial charge in [-0.05, 0) is 68.2 Å². The maximum Gasteiger partial charge on any atom is 0.256 e. The molecule has 0 aromatic heterocycles. The highest BCUT2D eigenvalue weighted by Crippen LogP contribution is 2.45. The van der Waals surface area contributed by atoms with Crippen LogP contribution in [-0.4, -0.2) is 51.8 Å². The minimum Gasteiger partial charge on any atom is -0.492 e. The van der Waals surface area contributed by atoms with Crippen LogP contribution in [-0.2, 0) is 27.3 Å². The maximum absolute atomic E-state index is 14.1. The van der Waals surface area contributed by atoms with E-state index in [-0.39, 0.29) is 13.0 Å². The predicted octanol–water partition coefficient (Wildman–Crippen LogP) is 6.64. The molecule has 48 heavy (non-hydrogen) atoms. The molecule has 0 radical (unpaired) electrons. The lowest BCUT2D eigenvalue weighted by Crippen LogP contribution is -2.40. The van der Waals surface area contributed by atoms with Crippen molar-refractivity contribution >= 4 is 29.1 Å². The normalized spacial score (nSPS) is 15.8. The van der Waals surface area contributed by atoms with Gasteiger partial charge in [-0.25, -0.2) is 4.39 Å². The second kappa shape index (κ2) is 17.1. The van der Waals surface area contributed by atoms with Crippen LogP contribution < -0.4 is 25.0 Å². The van der Waals surface area contributed by atoms with Crippen LogP contribution in [0.2, 0.25) is 5.02 Å². The molecule has 5 rings (SSSR count). The Morgan fingerprint density at radius 1 is 0.958 bits per heavy atom. The zero-order valence-corrected chi connectivity index (χ0v) is 28.0. The lowest BCUT2D eigenvalue weighted by molar-refractivity contribution is -0.137. The number of carbonyl (C=O) groups is 2. The molecular weight excluding hydrogens is 633 g/mol. The monoisotopic (exact) mass is 673 g/mol. The zero-order valence-electron chi connectivity index (χ0n) is 27.2. The zero-order chi connectivity index (χ0) is 33.9. The van der Waals surface area contributed by atoms with Crippen LogP contribution in [0.15, 0.2) is 91.0 Å². The lowest BCUT2D eigenvalue weighted by Gasteiger charge is -2.24. The number of para-hydroxylation sites is 1. The van der Waals surface area contributed by atoms with Crippen LogP contribution in [0.1, 0.15) is 47.6 Å². The van der Waals surface area contributed by atoms with Crippen LogP contribution >= 0.6 is 11.6 Å². The van der Waals surface area contributed by atoms with Gasteiger partial charge in [-0.1, -0.05) is 72.3 Å². The Bertz CT molecular complexity index is 1690. The summed E-state index contributed by atoms with van der Waals surface area (Å²) in [5.74, 6) is -0.274. The number of methoxy groups -OCH3 is 1. The Hall–Kier alpha value is -4.44. The molecule has 10 heteroatoms. The van der Waals surface area contributed by atoms with Gasteiger partial charge in [0, 0.05) is 41.0 Å². The maximum atomic E-state index is 14.1. The summed E-state index contributed by atoms with van der Waals surface area (Å²) in [6.07, 6.45) is 0.648. The molecule has 0 aliphatic carbocycles. The fourth-order valence-corrected chi connectivity index (χ4v) is 5.94. The third-order valence-electron chi connectivity index (χ3n) is 8.26. The largest absolute Gasteiger partial charge is 0.492 e. The van der Waals surface area contributed by atoms with E-state index in [4.69, 9.17) is 25.8 Å². The molecule has 8 nitrogen and oxygen atoms in total. The van der Waals surface area contributed by atoms with E-state index in [9.17, 15) is 14.0 Å². The van der Waals surface area contributed by atoms with Gasteiger partial charge in [-0.2, -0.15) is 0 Å². The Labute approximate surface area is 286 Å². The summed E-state index contributed by atoms with van der Waals surface area (Å²) in [5, 5.41) is 6.65. The van der Waals surface area contributed by atoms with Crippen molar-refractivity contribution in [1.29, 1.82) is 0 Å². The Kier molecular flexibility index (Phi) is 12.4. The predicted molar refractivity (Wildman–Crippen MR) is 185 cm³/mol. The molecule has 4 aromatic carbocycles. The number of halogens is 2. The van der Waals surface area contributed by atoms with Gasteiger partial charge in [0.15, 0.2) is 11.5 Å². The first-order valence-corrected chi connectivity index (χ1v) is 16.5. The topological polar surface area (TPSA) is 89.1 Å². The number of hydrogen-bond donors (Lipinski definition) is 2. The molecule has 1 aliphatic heterocycles. The number of rotatable bonds is 15. The van der Waals surface area contributed by atoms with Crippen molar-refractivity contribution in [1.82, 2.24) is 10.6 Å². The van der Waals surface area contributed by atoms with Gasteiger partial charge in [0.25, 0.3) is 5.91 Å². The summed E-state index contributed by atoms with van der Waals surface area (Å²) < 4.78 is 32.7. The number of hydrogen-bond acceptors (Lipinski definition) is 6. The molecular formula is C38H41ClFN3O5. The van der Waals surface area contributed by atoms with Gasteiger partial charge in [-0.3, -0.25) is 9.59 Å². The molecule has 0 fully saturated rings. The summed E-state index contributed by atoms with van der Waals surface area (Å²) in [6.45, 7) is 2.18. The molecule has 1 heterocycles. The van der Waals surface area contributed by atoms with Crippen LogP contribution in [0.25, 0.3) is 0 Å². The SMILES string of the molecule is COc1c(OCCCNCCCc2ccccc2)cccc1[C@@H]1O[C@@H](CC(=O)NCc2ccccc2F)C(=O)N(C)c2ccc(Cl)cc21. The number of ether oxygens (including phenoxy) is 3. The summed E-state index contributed by atoms with van der Waals surface area (Å²) in [4.78, 5) is 28.2. The van der Waals surface area contributed by atoms with Crippen LogP contribution in [0, 0.1) is 5.82 Å². The number of likely N-dealkylation sites (N-methyl/N-ethyl adjacent to an activating group) is 1. The molecule has 2 atom stereocenters. The molecule has 0 unspecified atom stereocenters. The summed E-state index contributed by atoms with van der Waals surface area (Å²) >= 11 is 6.45. The second-order valence-electron chi connectivity index (χ2n) is 11.6. The Morgan fingerprint density at radius 3 is 2.52 bits per heavy atom. The third-order valence-corrected chi connectivity index (χ3v) is 8.49. The van der Waals surface area contributed by atoms with Gasteiger partial charge in [0.2, 0.25) is 5.91 Å². The van der Waals surface area contributed by atoms with E-state index in [1.807, 2.05) is 24.3 Å². The van der Waals surface area contributed by atoms with E-state index in [0.717, 1.165) is 32.4 Å². The summed E-state index contributed by atoms with van der Waals surface area (Å²) in [6, 6.07) is 27.4. The minimum absolute atomic E-state index is 0.0159. The molecule has 4 aromatic rings. The van der Waals surface area contributed by atoms with Crippen molar-refractivity contribution in [2.75, 3.05) is 38.8 Å². The van der Waals surface area contributed by atoms with Crippen LogP contribution in [0.3, 0.4) is 0 Å². The highest BCUT2D eigenvalue weighted by Gasteiger charge is 2.37. The van der Waals surface area contributed by atoms with E-state index in [0.29, 0.717) is 45.5 Å². The van der Waals surface area contributed by atoms with Gasteiger partial charge in [0.1, 0.15) is 18.0 Å². The van der Waals surface area contributed by atoms with E-state index in [1.165, 1.54) is 16.5 Å². The van der Waals surface area contributed by atoms with Gasteiger partial charge >= 0.3 is 0 Å². The van der Waals surface area contributed by atoms with Crippen molar-refractivity contribution in [3.8, 4) is 11.5 Å². The van der Waals surface area contributed by atoms with Crippen molar-refractivity contribution in [3.63, 3.8) is 0 Å². The van der Waals surface area contributed by atoms with Crippen LogP contribution in [0.5, 0.6) is 11.5 Å². The van der Waals surface area contributed by atoms with Crippen molar-refractivity contribution in [2.45, 2.75) is 44.4 Å². The standard InChI is InChI=1S/C38H41ClFN3O5/c1-43-32-19-18-28(39)23-30(32)36(48-34(38(43)45)24-35(44)42-25-27-14-6-7-16-31(27)40)29-15-8-17-33(37(29)46-2)47-22-10-21-41-20-9-13-26-11-4-3-5-12-26/h3-8,11-12,14-19,23,34,36,41H,9-10,13,20-22,24-25H2,1-2H3,(H,42,44)/t34-,36-/m0/s1. The van der Waals surface area contributed by atoms with Crippen LogP contribution in [0.4, 0.5) is 10.1 Å². The fourth-order valence-electron chi connectivity index (χ4n) is 5.76. The van der Waals surface area contributed by atoms with E-state index in [1.54, 1.807) is 50.6 Å². The number of aryl methyl sites for hydroxylation is 1. The number of carbonyl (C=O) groups excluding carboxylic acids is 2.